The Morgan fingerprint density at radius 3 is 2.69 bits per heavy atom. The predicted octanol–water partition coefficient (Wildman–Crippen LogP) is 1.48. The average molecular weight is 243 g/mol. The lowest BCUT2D eigenvalue weighted by molar-refractivity contribution is -0.124. The van der Waals surface area contributed by atoms with E-state index in [-0.39, 0.29) is 12.3 Å². The Kier molecular flexibility index (Phi) is 4.58. The van der Waals surface area contributed by atoms with E-state index in [1.165, 1.54) is 0 Å². The highest BCUT2D eigenvalue weighted by atomic mass is 35.5. The van der Waals surface area contributed by atoms with Crippen LogP contribution in [0.1, 0.15) is 5.56 Å². The third-order valence-electron chi connectivity index (χ3n) is 1.96. The zero-order chi connectivity index (χ0) is 12.1. The molecule has 1 rings (SSSR count). The van der Waals surface area contributed by atoms with Crippen LogP contribution in [0.2, 0.25) is 5.02 Å². The topological polar surface area (TPSA) is 41.6 Å². The maximum Gasteiger partial charge on any atom is 0.238 e. The lowest BCUT2D eigenvalue weighted by atomic mass is 10.1. The molecule has 16 heavy (non-hydrogen) atoms. The van der Waals surface area contributed by atoms with Crippen molar-refractivity contribution >= 4 is 17.5 Å². The molecule has 1 aromatic rings. The van der Waals surface area contributed by atoms with Crippen LogP contribution in [-0.2, 0) is 11.2 Å². The van der Waals surface area contributed by atoms with Crippen LogP contribution in [0.3, 0.4) is 0 Å². The Bertz CT molecular complexity index is 380. The Morgan fingerprint density at radius 1 is 1.50 bits per heavy atom. The van der Waals surface area contributed by atoms with Gasteiger partial charge in [-0.15, -0.1) is 0 Å². The fourth-order valence-corrected chi connectivity index (χ4v) is 1.50. The van der Waals surface area contributed by atoms with Crippen LogP contribution in [-0.4, -0.2) is 32.1 Å². The highest BCUT2D eigenvalue weighted by Gasteiger charge is 2.08. The van der Waals surface area contributed by atoms with Gasteiger partial charge in [-0.2, -0.15) is 0 Å². The predicted molar refractivity (Wildman–Crippen MR) is 63.5 cm³/mol. The van der Waals surface area contributed by atoms with E-state index in [1.54, 1.807) is 44.4 Å². The second-order valence-corrected chi connectivity index (χ2v) is 3.97. The van der Waals surface area contributed by atoms with Gasteiger partial charge in [0.15, 0.2) is 0 Å². The number of hydrogen-bond acceptors (Lipinski definition) is 3. The van der Waals surface area contributed by atoms with Gasteiger partial charge in [-0.3, -0.25) is 10.2 Å². The number of rotatable bonds is 4. The Balaban J connectivity index is 2.70. The molecule has 0 aromatic heterocycles. The van der Waals surface area contributed by atoms with Gasteiger partial charge in [0.1, 0.15) is 5.75 Å². The molecular weight excluding hydrogens is 228 g/mol. The number of halogens is 1. The fraction of sp³-hybridized carbons (Fsp3) is 0.364. The average Bonchev–Trinajstić information content (AvgIpc) is 2.19. The highest BCUT2D eigenvalue weighted by Crippen LogP contribution is 2.22. The van der Waals surface area contributed by atoms with E-state index in [0.29, 0.717) is 10.8 Å². The monoisotopic (exact) mass is 242 g/mol. The summed E-state index contributed by atoms with van der Waals surface area (Å²) in [6.07, 6.45) is 0.251. The summed E-state index contributed by atoms with van der Waals surface area (Å²) in [5.41, 5.74) is 3.43. The van der Waals surface area contributed by atoms with Gasteiger partial charge < -0.3 is 4.74 Å². The second-order valence-electron chi connectivity index (χ2n) is 3.56. The smallest absolute Gasteiger partial charge is 0.238 e. The van der Waals surface area contributed by atoms with Gasteiger partial charge in [0.05, 0.1) is 13.5 Å². The quantitative estimate of drug-likeness (QED) is 0.814. The minimum Gasteiger partial charge on any atom is -0.497 e. The summed E-state index contributed by atoms with van der Waals surface area (Å²) in [6.45, 7) is 0. The van der Waals surface area contributed by atoms with Crippen molar-refractivity contribution in [2.75, 3.05) is 21.2 Å². The van der Waals surface area contributed by atoms with Crippen LogP contribution in [0.5, 0.6) is 5.75 Å². The van der Waals surface area contributed by atoms with Crippen LogP contribution in [0.4, 0.5) is 0 Å². The summed E-state index contributed by atoms with van der Waals surface area (Å²) in [6, 6.07) is 5.26. The van der Waals surface area contributed by atoms with Crippen molar-refractivity contribution in [2.45, 2.75) is 6.42 Å². The molecule has 0 radical (unpaired) electrons. The molecule has 1 aromatic carbocycles. The summed E-state index contributed by atoms with van der Waals surface area (Å²) < 4.78 is 5.03. The standard InChI is InChI=1S/C11H15ClN2O2/c1-14(2)13-11(15)6-8-4-5-9(16-3)7-10(8)12/h4-5,7H,6H2,1-3H3,(H,13,15). The number of hydrogen-bond donors (Lipinski definition) is 1. The molecule has 0 spiro atoms. The number of carbonyl (C=O) groups excluding carboxylic acids is 1. The summed E-state index contributed by atoms with van der Waals surface area (Å²) in [4.78, 5) is 11.5. The molecule has 0 bridgehead atoms. The molecule has 5 heteroatoms. The van der Waals surface area contributed by atoms with Crippen LogP contribution in [0.15, 0.2) is 18.2 Å². The third kappa shape index (κ3) is 3.72. The van der Waals surface area contributed by atoms with Crippen LogP contribution < -0.4 is 10.2 Å². The zero-order valence-corrected chi connectivity index (χ0v) is 10.3. The van der Waals surface area contributed by atoms with Crippen molar-refractivity contribution in [2.24, 2.45) is 0 Å². The number of carbonyl (C=O) groups is 1. The van der Waals surface area contributed by atoms with E-state index in [4.69, 9.17) is 16.3 Å². The van der Waals surface area contributed by atoms with Gasteiger partial charge in [-0.25, -0.2) is 5.01 Å². The van der Waals surface area contributed by atoms with Crippen molar-refractivity contribution in [3.05, 3.63) is 28.8 Å². The Morgan fingerprint density at radius 2 is 2.19 bits per heavy atom. The number of benzene rings is 1. The molecule has 1 amide bonds. The lowest BCUT2D eigenvalue weighted by Crippen LogP contribution is -2.37. The van der Waals surface area contributed by atoms with Crippen molar-refractivity contribution in [3.63, 3.8) is 0 Å². The van der Waals surface area contributed by atoms with Crippen LogP contribution in [0.25, 0.3) is 0 Å². The first-order valence-corrected chi connectivity index (χ1v) is 5.20. The molecule has 0 saturated heterocycles. The van der Waals surface area contributed by atoms with Crippen molar-refractivity contribution in [1.82, 2.24) is 10.4 Å². The highest BCUT2D eigenvalue weighted by molar-refractivity contribution is 6.31. The largest absolute Gasteiger partial charge is 0.497 e. The van der Waals surface area contributed by atoms with E-state index in [9.17, 15) is 4.79 Å². The molecule has 0 aliphatic rings. The molecule has 0 aliphatic heterocycles. The van der Waals surface area contributed by atoms with Crippen LogP contribution >= 0.6 is 11.6 Å². The Labute approximate surface area is 100 Å². The minimum absolute atomic E-state index is 0.0999. The molecule has 1 N–H and O–H groups in total. The Hall–Kier alpha value is -1.26. The van der Waals surface area contributed by atoms with E-state index >= 15 is 0 Å². The van der Waals surface area contributed by atoms with Gasteiger partial charge in [-0.05, 0) is 17.7 Å². The third-order valence-corrected chi connectivity index (χ3v) is 2.31. The maximum atomic E-state index is 11.5. The molecule has 0 unspecified atom stereocenters. The summed E-state index contributed by atoms with van der Waals surface area (Å²) >= 11 is 6.02. The molecule has 88 valence electrons. The van der Waals surface area contributed by atoms with Crippen LogP contribution in [0, 0.1) is 0 Å². The van der Waals surface area contributed by atoms with Crippen molar-refractivity contribution in [1.29, 1.82) is 0 Å². The first kappa shape index (κ1) is 12.8. The number of ether oxygens (including phenoxy) is 1. The molecule has 4 nitrogen and oxygen atoms in total. The summed E-state index contributed by atoms with van der Waals surface area (Å²) in [7, 11) is 5.09. The minimum atomic E-state index is -0.0999. The molecule has 0 aliphatic carbocycles. The van der Waals surface area contributed by atoms with Gasteiger partial charge in [0, 0.05) is 19.1 Å². The van der Waals surface area contributed by atoms with Gasteiger partial charge in [-0.1, -0.05) is 17.7 Å². The normalized spacial score (nSPS) is 10.3. The molecule has 0 saturated carbocycles. The van der Waals surface area contributed by atoms with E-state index in [0.717, 1.165) is 5.56 Å². The van der Waals surface area contributed by atoms with E-state index in [1.807, 2.05) is 0 Å². The molecule has 0 atom stereocenters. The fourth-order valence-electron chi connectivity index (χ4n) is 1.26. The summed E-state index contributed by atoms with van der Waals surface area (Å²) in [5, 5.41) is 2.13. The maximum absolute atomic E-state index is 11.5. The van der Waals surface area contributed by atoms with Gasteiger partial charge in [0.2, 0.25) is 5.91 Å². The lowest BCUT2D eigenvalue weighted by Gasteiger charge is -2.12. The number of nitrogens with one attached hydrogen (secondary N) is 1. The van der Waals surface area contributed by atoms with Crippen molar-refractivity contribution < 1.29 is 9.53 Å². The SMILES string of the molecule is COc1ccc(CC(=O)NN(C)C)c(Cl)c1. The summed E-state index contributed by atoms with van der Waals surface area (Å²) in [5.74, 6) is 0.582. The molecule has 0 fully saturated rings. The van der Waals surface area contributed by atoms with E-state index < -0.39 is 0 Å². The number of amides is 1. The van der Waals surface area contributed by atoms with E-state index in [2.05, 4.69) is 5.43 Å². The first-order chi connectivity index (χ1) is 7.52. The van der Waals surface area contributed by atoms with Gasteiger partial charge in [0.25, 0.3) is 0 Å². The number of methoxy groups -OCH3 is 1. The second kappa shape index (κ2) is 5.72. The first-order valence-electron chi connectivity index (χ1n) is 4.82. The van der Waals surface area contributed by atoms with Crippen molar-refractivity contribution in [3.8, 4) is 5.75 Å². The molecule has 0 heterocycles. The zero-order valence-electron chi connectivity index (χ0n) is 9.58. The number of hydrazine groups is 1. The van der Waals surface area contributed by atoms with Gasteiger partial charge >= 0.3 is 0 Å². The number of nitrogens with zero attached hydrogens (tertiary/aromatic N) is 1. The molecular formula is C11H15ClN2O2.